The van der Waals surface area contributed by atoms with Crippen molar-refractivity contribution in [2.45, 2.75) is 91.5 Å². The van der Waals surface area contributed by atoms with Gasteiger partial charge in [0.05, 0.1) is 19.2 Å². The molecule has 1 heterocycles. The topological polar surface area (TPSA) is 88.9 Å². The number of benzene rings is 1. The Morgan fingerprint density at radius 1 is 1.15 bits per heavy atom. The van der Waals surface area contributed by atoms with E-state index in [1.54, 1.807) is 22.8 Å². The fourth-order valence-electron chi connectivity index (χ4n) is 5.32. The summed E-state index contributed by atoms with van der Waals surface area (Å²) in [4.78, 5) is 30.0. The number of hydrogen-bond acceptors (Lipinski definition) is 6. The lowest BCUT2D eigenvalue weighted by Gasteiger charge is -2.41. The largest absolute Gasteiger partial charge is 0.480 e. The van der Waals surface area contributed by atoms with Crippen LogP contribution in [0.1, 0.15) is 80.6 Å². The van der Waals surface area contributed by atoms with Gasteiger partial charge in [-0.25, -0.2) is 4.79 Å². The predicted molar refractivity (Wildman–Crippen MR) is 155 cm³/mol. The molecule has 1 aliphatic rings. The lowest BCUT2D eigenvalue weighted by molar-refractivity contribution is 0.0183. The van der Waals surface area contributed by atoms with Crippen molar-refractivity contribution < 1.29 is 19.1 Å². The van der Waals surface area contributed by atoms with Gasteiger partial charge in [-0.2, -0.15) is 0 Å². The molecule has 1 N–H and O–H groups in total. The summed E-state index contributed by atoms with van der Waals surface area (Å²) in [5, 5.41) is 7.88. The smallest absolute Gasteiger partial charge is 0.410 e. The van der Waals surface area contributed by atoms with Gasteiger partial charge in [-0.3, -0.25) is 9.48 Å². The molecule has 9 nitrogen and oxygen atoms in total. The molecule has 0 saturated heterocycles. The monoisotopic (exact) mass is 561 g/mol. The van der Waals surface area contributed by atoms with Gasteiger partial charge in [0.25, 0.3) is 5.91 Å². The Morgan fingerprint density at radius 2 is 1.77 bits per heavy atom. The summed E-state index contributed by atoms with van der Waals surface area (Å²) in [6.45, 7) is 12.8. The molecule has 1 aliphatic carbocycles. The molecule has 1 fully saturated rings. The van der Waals surface area contributed by atoms with Gasteiger partial charge in [0.1, 0.15) is 5.60 Å². The van der Waals surface area contributed by atoms with Crippen LogP contribution < -0.4 is 15.0 Å². The maximum Gasteiger partial charge on any atom is 0.410 e. The van der Waals surface area contributed by atoms with Crippen molar-refractivity contribution in [1.82, 2.24) is 20.0 Å². The number of amides is 2. The van der Waals surface area contributed by atoms with Crippen LogP contribution in [-0.2, 0) is 18.3 Å². The average molecular weight is 562 g/mol. The zero-order chi connectivity index (χ0) is 29.1. The summed E-state index contributed by atoms with van der Waals surface area (Å²) in [5.74, 6) is 0.309. The van der Waals surface area contributed by atoms with Crippen LogP contribution in [0.15, 0.2) is 12.1 Å². The van der Waals surface area contributed by atoms with Gasteiger partial charge >= 0.3 is 6.09 Å². The van der Waals surface area contributed by atoms with Crippen LogP contribution in [0, 0.1) is 13.8 Å². The zero-order valence-corrected chi connectivity index (χ0v) is 25.6. The Labute approximate surface area is 237 Å². The molecule has 216 valence electrons. The van der Waals surface area contributed by atoms with Crippen molar-refractivity contribution in [3.05, 3.63) is 39.5 Å². The van der Waals surface area contributed by atoms with Gasteiger partial charge in [0.15, 0.2) is 0 Å². The van der Waals surface area contributed by atoms with Crippen LogP contribution >= 0.6 is 11.6 Å². The van der Waals surface area contributed by atoms with Crippen molar-refractivity contribution in [3.8, 4) is 5.88 Å². The molecular weight excluding hydrogens is 518 g/mol. The molecule has 3 rings (SSSR count). The van der Waals surface area contributed by atoms with E-state index in [4.69, 9.17) is 21.1 Å². The quantitative estimate of drug-likeness (QED) is 0.449. The Hall–Kier alpha value is -2.94. The van der Waals surface area contributed by atoms with Crippen molar-refractivity contribution in [2.75, 3.05) is 25.6 Å². The van der Waals surface area contributed by atoms with Crippen LogP contribution in [0.5, 0.6) is 5.88 Å². The summed E-state index contributed by atoms with van der Waals surface area (Å²) >= 11 is 6.55. The summed E-state index contributed by atoms with van der Waals surface area (Å²) in [5.41, 5.74) is 3.67. The van der Waals surface area contributed by atoms with Gasteiger partial charge in [-0.05, 0) is 84.9 Å². The summed E-state index contributed by atoms with van der Waals surface area (Å²) in [6.07, 6.45) is 3.35. The number of rotatable bonds is 8. The summed E-state index contributed by atoms with van der Waals surface area (Å²) < 4.78 is 12.7. The minimum Gasteiger partial charge on any atom is -0.480 e. The maximum atomic E-state index is 13.3. The number of hydrogen-bond donors (Lipinski definition) is 1. The van der Waals surface area contributed by atoms with E-state index in [-0.39, 0.29) is 24.1 Å². The number of ether oxygens (including phenoxy) is 2. The third kappa shape index (κ3) is 7.18. The first kappa shape index (κ1) is 30.6. The van der Waals surface area contributed by atoms with Crippen molar-refractivity contribution >= 4 is 29.3 Å². The number of nitrogens with one attached hydrogen (secondary N) is 1. The number of halogens is 1. The molecule has 1 aromatic carbocycles. The first-order valence-electron chi connectivity index (χ1n) is 13.6. The van der Waals surface area contributed by atoms with E-state index in [1.807, 2.05) is 54.8 Å². The number of aryl methyl sites for hydroxylation is 1. The second-order valence-electron chi connectivity index (χ2n) is 11.3. The van der Waals surface area contributed by atoms with Crippen LogP contribution in [0.3, 0.4) is 0 Å². The molecule has 0 atom stereocenters. The number of methoxy groups -OCH3 is 1. The number of carbonyl (C=O) groups excluding carboxylic acids is 2. The minimum atomic E-state index is -0.515. The van der Waals surface area contributed by atoms with E-state index < -0.39 is 5.60 Å². The van der Waals surface area contributed by atoms with Gasteiger partial charge in [-0.1, -0.05) is 11.6 Å². The molecule has 1 aromatic heterocycles. The number of aromatic nitrogens is 2. The highest BCUT2D eigenvalue weighted by molar-refractivity contribution is 6.31. The highest BCUT2D eigenvalue weighted by atomic mass is 35.5. The molecule has 0 unspecified atom stereocenters. The third-order valence-corrected chi connectivity index (χ3v) is 7.83. The molecule has 39 heavy (non-hydrogen) atoms. The molecule has 0 spiro atoms. The van der Waals surface area contributed by atoms with E-state index in [9.17, 15) is 9.59 Å². The summed E-state index contributed by atoms with van der Waals surface area (Å²) in [6, 6.07) is 4.10. The zero-order valence-electron chi connectivity index (χ0n) is 24.9. The van der Waals surface area contributed by atoms with Crippen molar-refractivity contribution in [1.29, 1.82) is 0 Å². The molecular formula is C29H44ClN5O4. The van der Waals surface area contributed by atoms with Gasteiger partial charge in [0.2, 0.25) is 5.88 Å². The maximum absolute atomic E-state index is 13.3. The Balaban J connectivity index is 1.73. The molecule has 1 saturated carbocycles. The van der Waals surface area contributed by atoms with E-state index in [0.717, 1.165) is 54.7 Å². The van der Waals surface area contributed by atoms with E-state index >= 15 is 0 Å². The fraction of sp³-hybridized carbons (Fsp3) is 0.621. The molecule has 0 bridgehead atoms. The van der Waals surface area contributed by atoms with Crippen LogP contribution in [-0.4, -0.2) is 65.1 Å². The van der Waals surface area contributed by atoms with Crippen LogP contribution in [0.25, 0.3) is 0 Å². The summed E-state index contributed by atoms with van der Waals surface area (Å²) in [7, 11) is 5.24. The third-order valence-electron chi connectivity index (χ3n) is 7.62. The molecule has 0 aliphatic heterocycles. The van der Waals surface area contributed by atoms with E-state index in [2.05, 4.69) is 22.2 Å². The van der Waals surface area contributed by atoms with Crippen molar-refractivity contribution in [3.63, 3.8) is 0 Å². The molecule has 10 heteroatoms. The van der Waals surface area contributed by atoms with Crippen molar-refractivity contribution in [2.24, 2.45) is 7.05 Å². The Morgan fingerprint density at radius 3 is 2.33 bits per heavy atom. The Bertz CT molecular complexity index is 1180. The van der Waals surface area contributed by atoms with Gasteiger partial charge in [0, 0.05) is 54.7 Å². The minimum absolute atomic E-state index is 0.143. The normalized spacial score (nSPS) is 17.5. The van der Waals surface area contributed by atoms with E-state index in [0.29, 0.717) is 23.0 Å². The fourth-order valence-corrected chi connectivity index (χ4v) is 5.53. The number of anilines is 1. The van der Waals surface area contributed by atoms with E-state index in [1.165, 1.54) is 0 Å². The molecule has 2 amide bonds. The highest BCUT2D eigenvalue weighted by Crippen LogP contribution is 2.34. The SMILES string of the molecule is CCN(c1cc(Cl)cc(C(=O)NCc2c(OC)nn(C)c2C)c1C)C1CCC(N(C)C(=O)OC(C)(C)C)CC1. The lowest BCUT2D eigenvalue weighted by atomic mass is 9.88. The second kappa shape index (κ2) is 12.5. The van der Waals surface area contributed by atoms with Gasteiger partial charge in [-0.15, -0.1) is 5.10 Å². The lowest BCUT2D eigenvalue weighted by Crippen LogP contribution is -2.46. The standard InChI is InChI=1S/C29H44ClN5O4/c1-10-35(22-13-11-21(12-14-22)33(7)28(37)39-29(4,5)6)25-16-20(30)15-23(18(25)2)26(36)31-17-24-19(3)34(8)32-27(24)38-9/h15-16,21-22H,10-14,17H2,1-9H3,(H,31,36). The average Bonchev–Trinajstić information content (AvgIpc) is 3.16. The first-order valence-corrected chi connectivity index (χ1v) is 14.0. The first-order chi connectivity index (χ1) is 18.3. The Kier molecular flexibility index (Phi) is 9.80. The molecule has 2 aromatic rings. The number of nitrogens with zero attached hydrogens (tertiary/aromatic N) is 4. The number of carbonyl (C=O) groups is 2. The highest BCUT2D eigenvalue weighted by Gasteiger charge is 2.32. The predicted octanol–water partition coefficient (Wildman–Crippen LogP) is 5.63. The van der Waals surface area contributed by atoms with Crippen LogP contribution in [0.2, 0.25) is 5.02 Å². The second-order valence-corrected chi connectivity index (χ2v) is 11.8. The van der Waals surface area contributed by atoms with Gasteiger partial charge < -0.3 is 24.6 Å². The van der Waals surface area contributed by atoms with Crippen LogP contribution in [0.4, 0.5) is 10.5 Å². The molecule has 0 radical (unpaired) electrons.